The summed E-state index contributed by atoms with van der Waals surface area (Å²) in [6.45, 7) is 4.00. The second-order valence-electron chi connectivity index (χ2n) is 4.95. The van der Waals surface area contributed by atoms with E-state index in [4.69, 9.17) is 10.8 Å². The first-order chi connectivity index (χ1) is 9.61. The Balaban J connectivity index is 2.03. The summed E-state index contributed by atoms with van der Waals surface area (Å²) < 4.78 is 0.805. The van der Waals surface area contributed by atoms with Crippen LogP contribution >= 0.6 is 15.9 Å². The highest BCUT2D eigenvalue weighted by atomic mass is 79.9. The fourth-order valence-corrected chi connectivity index (χ4v) is 2.65. The van der Waals surface area contributed by atoms with Gasteiger partial charge in [-0.1, -0.05) is 0 Å². The van der Waals surface area contributed by atoms with E-state index in [1.807, 2.05) is 4.90 Å². The number of rotatable bonds is 3. The Kier molecular flexibility index (Phi) is 5.39. The van der Waals surface area contributed by atoms with Gasteiger partial charge in [0.15, 0.2) is 0 Å². The molecule has 110 valence electrons. The molecule has 1 amide bonds. The Labute approximate surface area is 127 Å². The summed E-state index contributed by atoms with van der Waals surface area (Å²) in [4.78, 5) is 16.5. The fraction of sp³-hybridized carbons (Fsp3) is 0.500. The van der Waals surface area contributed by atoms with E-state index in [-0.39, 0.29) is 12.5 Å². The zero-order valence-corrected chi connectivity index (χ0v) is 13.0. The molecule has 0 bridgehead atoms. The topological polar surface area (TPSA) is 69.8 Å². The van der Waals surface area contributed by atoms with Crippen LogP contribution in [0.5, 0.6) is 0 Å². The van der Waals surface area contributed by atoms with E-state index in [1.54, 1.807) is 18.2 Å². The molecule has 1 aromatic rings. The van der Waals surface area contributed by atoms with Crippen molar-refractivity contribution in [2.24, 2.45) is 0 Å². The van der Waals surface area contributed by atoms with Gasteiger partial charge < -0.3 is 15.7 Å². The molecule has 0 spiro atoms. The highest BCUT2D eigenvalue weighted by molar-refractivity contribution is 9.10. The first-order valence-corrected chi connectivity index (χ1v) is 7.58. The molecule has 1 aliphatic heterocycles. The normalized spacial score (nSPS) is 17.0. The van der Waals surface area contributed by atoms with Crippen LogP contribution in [0.2, 0.25) is 0 Å². The van der Waals surface area contributed by atoms with Crippen LogP contribution in [-0.2, 0) is 0 Å². The van der Waals surface area contributed by atoms with Gasteiger partial charge >= 0.3 is 0 Å². The number of aliphatic hydroxyl groups is 1. The van der Waals surface area contributed by atoms with Crippen molar-refractivity contribution in [3.63, 3.8) is 0 Å². The third-order valence-corrected chi connectivity index (χ3v) is 4.26. The van der Waals surface area contributed by atoms with Gasteiger partial charge in [0.05, 0.1) is 6.61 Å². The van der Waals surface area contributed by atoms with E-state index < -0.39 is 0 Å². The summed E-state index contributed by atoms with van der Waals surface area (Å²) in [7, 11) is 0. The van der Waals surface area contributed by atoms with Crippen LogP contribution in [0, 0.1) is 0 Å². The molecule has 0 aliphatic carbocycles. The van der Waals surface area contributed by atoms with Crippen LogP contribution < -0.4 is 5.73 Å². The number of nitrogen functional groups attached to an aromatic ring is 1. The molecule has 1 heterocycles. The number of anilines is 1. The lowest BCUT2D eigenvalue weighted by Gasteiger charge is -2.21. The average Bonchev–Trinajstić information content (AvgIpc) is 2.67. The number of hydrogen-bond acceptors (Lipinski definition) is 4. The summed E-state index contributed by atoms with van der Waals surface area (Å²) >= 11 is 3.33. The maximum absolute atomic E-state index is 12.5. The molecular weight excluding hydrogens is 322 g/mol. The number of halogens is 1. The Morgan fingerprint density at radius 3 is 2.80 bits per heavy atom. The van der Waals surface area contributed by atoms with Crippen LogP contribution in [0.3, 0.4) is 0 Å². The van der Waals surface area contributed by atoms with Crippen molar-refractivity contribution in [2.75, 3.05) is 45.1 Å². The van der Waals surface area contributed by atoms with Crippen LogP contribution in [0.25, 0.3) is 0 Å². The number of nitrogens with two attached hydrogens (primary N) is 1. The zero-order chi connectivity index (χ0) is 14.5. The molecule has 0 unspecified atom stereocenters. The predicted octanol–water partition coefficient (Wildman–Crippen LogP) is 1.17. The van der Waals surface area contributed by atoms with Gasteiger partial charge in [-0.25, -0.2) is 0 Å². The molecule has 0 radical (unpaired) electrons. The second-order valence-corrected chi connectivity index (χ2v) is 5.80. The minimum Gasteiger partial charge on any atom is -0.398 e. The van der Waals surface area contributed by atoms with Gasteiger partial charge in [-0.3, -0.25) is 9.69 Å². The number of β-amino-alcohol motifs (C(OH)–C–C–N with tert-alkyl or cyclic N) is 1. The SMILES string of the molecule is Nc1cc(C(=O)N2CCCN(CCO)CC2)ccc1Br. The van der Waals surface area contributed by atoms with Crippen molar-refractivity contribution in [1.29, 1.82) is 0 Å². The lowest BCUT2D eigenvalue weighted by molar-refractivity contribution is 0.0760. The van der Waals surface area contributed by atoms with Crippen molar-refractivity contribution in [1.82, 2.24) is 9.80 Å². The molecule has 0 aromatic heterocycles. The summed E-state index contributed by atoms with van der Waals surface area (Å²) in [5.74, 6) is 0.0232. The third kappa shape index (κ3) is 3.71. The summed E-state index contributed by atoms with van der Waals surface area (Å²) in [5.41, 5.74) is 7.03. The van der Waals surface area contributed by atoms with Crippen LogP contribution in [0.4, 0.5) is 5.69 Å². The highest BCUT2D eigenvalue weighted by Crippen LogP contribution is 2.21. The standard InChI is InChI=1S/C14H20BrN3O2/c15-12-3-2-11(10-13(12)16)14(20)18-5-1-4-17(6-7-18)8-9-19/h2-3,10,19H,1,4-9,16H2. The lowest BCUT2D eigenvalue weighted by atomic mass is 10.1. The molecule has 0 atom stereocenters. The number of nitrogens with zero attached hydrogens (tertiary/aromatic N) is 2. The number of amides is 1. The molecule has 0 saturated carbocycles. The Morgan fingerprint density at radius 2 is 2.10 bits per heavy atom. The summed E-state index contributed by atoms with van der Waals surface area (Å²) in [6, 6.07) is 5.31. The van der Waals surface area contributed by atoms with Gasteiger partial charge in [0.2, 0.25) is 0 Å². The van der Waals surface area contributed by atoms with E-state index in [0.29, 0.717) is 24.3 Å². The molecule has 20 heavy (non-hydrogen) atoms. The van der Waals surface area contributed by atoms with Gasteiger partial charge in [-0.05, 0) is 47.1 Å². The predicted molar refractivity (Wildman–Crippen MR) is 82.6 cm³/mol. The lowest BCUT2D eigenvalue weighted by Crippen LogP contribution is -2.35. The van der Waals surface area contributed by atoms with Crippen LogP contribution in [0.15, 0.2) is 22.7 Å². The maximum Gasteiger partial charge on any atom is 0.253 e. The maximum atomic E-state index is 12.5. The molecule has 2 rings (SSSR count). The summed E-state index contributed by atoms with van der Waals surface area (Å²) in [6.07, 6.45) is 0.928. The molecular formula is C14H20BrN3O2. The van der Waals surface area contributed by atoms with E-state index in [1.165, 1.54) is 0 Å². The Bertz CT molecular complexity index is 481. The highest BCUT2D eigenvalue weighted by Gasteiger charge is 2.20. The second kappa shape index (κ2) is 7.06. The Morgan fingerprint density at radius 1 is 1.30 bits per heavy atom. The minimum atomic E-state index is 0.0232. The van der Waals surface area contributed by atoms with Gasteiger partial charge in [-0.2, -0.15) is 0 Å². The number of carbonyl (C=O) groups is 1. The number of hydrogen-bond donors (Lipinski definition) is 2. The summed E-state index contributed by atoms with van der Waals surface area (Å²) in [5, 5.41) is 8.98. The van der Waals surface area contributed by atoms with E-state index >= 15 is 0 Å². The molecule has 1 aromatic carbocycles. The third-order valence-electron chi connectivity index (χ3n) is 3.53. The van der Waals surface area contributed by atoms with Crippen molar-refractivity contribution in [3.05, 3.63) is 28.2 Å². The molecule has 1 fully saturated rings. The quantitative estimate of drug-likeness (QED) is 0.809. The van der Waals surface area contributed by atoms with Crippen molar-refractivity contribution >= 4 is 27.5 Å². The van der Waals surface area contributed by atoms with Crippen molar-refractivity contribution in [3.8, 4) is 0 Å². The van der Waals surface area contributed by atoms with E-state index in [9.17, 15) is 4.79 Å². The van der Waals surface area contributed by atoms with Crippen molar-refractivity contribution < 1.29 is 9.90 Å². The number of carbonyl (C=O) groups excluding carboxylic acids is 1. The largest absolute Gasteiger partial charge is 0.398 e. The average molecular weight is 342 g/mol. The van der Waals surface area contributed by atoms with Crippen molar-refractivity contribution in [2.45, 2.75) is 6.42 Å². The minimum absolute atomic E-state index is 0.0232. The van der Waals surface area contributed by atoms with Gasteiger partial charge in [0, 0.05) is 41.9 Å². The van der Waals surface area contributed by atoms with E-state index in [2.05, 4.69) is 20.8 Å². The fourth-order valence-electron chi connectivity index (χ4n) is 2.40. The number of aliphatic hydroxyl groups excluding tert-OH is 1. The molecule has 5 nitrogen and oxygen atoms in total. The van der Waals surface area contributed by atoms with Gasteiger partial charge in [0.1, 0.15) is 0 Å². The Hall–Kier alpha value is -1.11. The first kappa shape index (κ1) is 15.3. The monoisotopic (exact) mass is 341 g/mol. The van der Waals surface area contributed by atoms with E-state index in [0.717, 1.165) is 30.5 Å². The van der Waals surface area contributed by atoms with Crippen LogP contribution in [0.1, 0.15) is 16.8 Å². The zero-order valence-electron chi connectivity index (χ0n) is 11.4. The van der Waals surface area contributed by atoms with Crippen LogP contribution in [-0.4, -0.2) is 60.1 Å². The van der Waals surface area contributed by atoms with Gasteiger partial charge in [0.25, 0.3) is 5.91 Å². The molecule has 1 saturated heterocycles. The molecule has 6 heteroatoms. The first-order valence-electron chi connectivity index (χ1n) is 6.79. The molecule has 3 N–H and O–H groups in total. The van der Waals surface area contributed by atoms with Gasteiger partial charge in [-0.15, -0.1) is 0 Å². The number of benzene rings is 1. The molecule has 1 aliphatic rings. The smallest absolute Gasteiger partial charge is 0.253 e.